The van der Waals surface area contributed by atoms with E-state index in [1.54, 1.807) is 0 Å². The molecule has 0 amide bonds. The molecule has 1 atom stereocenters. The Kier molecular flexibility index (Phi) is 3.91. The van der Waals surface area contributed by atoms with Crippen LogP contribution in [0.5, 0.6) is 0 Å². The molecule has 10 heavy (non-hydrogen) atoms. The summed E-state index contributed by atoms with van der Waals surface area (Å²) >= 11 is 0. The molecule has 0 heterocycles. The van der Waals surface area contributed by atoms with Crippen molar-refractivity contribution in [3.8, 4) is 0 Å². The lowest BCUT2D eigenvalue weighted by Gasteiger charge is -2.20. The number of rotatable bonds is 3. The maximum absolute atomic E-state index is 5.25. The van der Waals surface area contributed by atoms with Crippen molar-refractivity contribution in [2.75, 3.05) is 0 Å². The quantitative estimate of drug-likeness (QED) is 0.467. The number of hydrogen-bond donors (Lipinski definition) is 2. The van der Waals surface area contributed by atoms with E-state index in [1.807, 2.05) is 0 Å². The number of hydrogen-bond acceptors (Lipinski definition) is 2. The van der Waals surface area contributed by atoms with E-state index in [1.165, 1.54) is 6.42 Å². The van der Waals surface area contributed by atoms with Crippen LogP contribution in [0.25, 0.3) is 0 Å². The summed E-state index contributed by atoms with van der Waals surface area (Å²) in [4.78, 5) is 0. The van der Waals surface area contributed by atoms with E-state index in [9.17, 15) is 0 Å². The fourth-order valence-corrected chi connectivity index (χ4v) is 0.733. The zero-order chi connectivity index (χ0) is 8.20. The standard InChI is InChI=1S/C8H20N2/c1-7(10-9)5-6-8(2,3)4/h7,10H,5-6,9H2,1-4H3. The van der Waals surface area contributed by atoms with Crippen LogP contribution < -0.4 is 11.3 Å². The van der Waals surface area contributed by atoms with Crippen LogP contribution >= 0.6 is 0 Å². The molecule has 0 aromatic carbocycles. The molecule has 0 aliphatic carbocycles. The second-order valence-electron chi connectivity index (χ2n) is 4.17. The highest BCUT2D eigenvalue weighted by Crippen LogP contribution is 2.21. The zero-order valence-corrected chi connectivity index (χ0v) is 7.57. The zero-order valence-electron chi connectivity index (χ0n) is 7.57. The van der Waals surface area contributed by atoms with Crippen molar-refractivity contribution in [3.63, 3.8) is 0 Å². The number of nitrogens with two attached hydrogens (primary N) is 1. The first-order chi connectivity index (χ1) is 4.45. The van der Waals surface area contributed by atoms with Crippen molar-refractivity contribution in [2.24, 2.45) is 11.3 Å². The molecule has 2 nitrogen and oxygen atoms in total. The predicted molar refractivity (Wildman–Crippen MR) is 45.5 cm³/mol. The van der Waals surface area contributed by atoms with E-state index in [0.717, 1.165) is 6.42 Å². The van der Waals surface area contributed by atoms with Crippen molar-refractivity contribution < 1.29 is 0 Å². The summed E-state index contributed by atoms with van der Waals surface area (Å²) in [6, 6.07) is 0.444. The summed E-state index contributed by atoms with van der Waals surface area (Å²) in [5, 5.41) is 0. The van der Waals surface area contributed by atoms with Crippen LogP contribution in [-0.2, 0) is 0 Å². The molecule has 0 saturated carbocycles. The van der Waals surface area contributed by atoms with Crippen molar-refractivity contribution in [3.05, 3.63) is 0 Å². The van der Waals surface area contributed by atoms with Gasteiger partial charge in [0.05, 0.1) is 0 Å². The van der Waals surface area contributed by atoms with Gasteiger partial charge in [-0.2, -0.15) is 0 Å². The van der Waals surface area contributed by atoms with Gasteiger partial charge < -0.3 is 0 Å². The van der Waals surface area contributed by atoms with Crippen molar-refractivity contribution in [2.45, 2.75) is 46.6 Å². The molecule has 0 saturated heterocycles. The van der Waals surface area contributed by atoms with Crippen LogP contribution in [-0.4, -0.2) is 6.04 Å². The fourth-order valence-electron chi connectivity index (χ4n) is 0.733. The van der Waals surface area contributed by atoms with Gasteiger partial charge in [-0.1, -0.05) is 20.8 Å². The molecule has 62 valence electrons. The van der Waals surface area contributed by atoms with Crippen LogP contribution in [0.2, 0.25) is 0 Å². The first-order valence-electron chi connectivity index (χ1n) is 3.92. The third kappa shape index (κ3) is 6.05. The van der Waals surface area contributed by atoms with Crippen molar-refractivity contribution in [1.29, 1.82) is 0 Å². The Bertz CT molecular complexity index is 83.7. The van der Waals surface area contributed by atoms with E-state index in [2.05, 4.69) is 33.1 Å². The van der Waals surface area contributed by atoms with Gasteiger partial charge in [-0.3, -0.25) is 11.3 Å². The van der Waals surface area contributed by atoms with Crippen LogP contribution in [0.4, 0.5) is 0 Å². The largest absolute Gasteiger partial charge is 0.271 e. The third-order valence-corrected chi connectivity index (χ3v) is 1.61. The molecule has 0 aromatic rings. The van der Waals surface area contributed by atoms with E-state index < -0.39 is 0 Å². The summed E-state index contributed by atoms with van der Waals surface area (Å²) in [6.07, 6.45) is 2.37. The fraction of sp³-hybridized carbons (Fsp3) is 1.00. The minimum Gasteiger partial charge on any atom is -0.271 e. The van der Waals surface area contributed by atoms with Crippen LogP contribution in [0, 0.1) is 5.41 Å². The summed E-state index contributed by atoms with van der Waals surface area (Å²) in [5.74, 6) is 5.25. The van der Waals surface area contributed by atoms with Gasteiger partial charge in [-0.25, -0.2) is 0 Å². The molecule has 2 heteroatoms. The van der Waals surface area contributed by atoms with Gasteiger partial charge in [0, 0.05) is 6.04 Å². The molecule has 0 fully saturated rings. The Labute approximate surface area is 64.2 Å². The van der Waals surface area contributed by atoms with Crippen LogP contribution in [0.15, 0.2) is 0 Å². The van der Waals surface area contributed by atoms with Gasteiger partial charge >= 0.3 is 0 Å². The Hall–Kier alpha value is -0.0800. The lowest BCUT2D eigenvalue weighted by molar-refractivity contribution is 0.338. The minimum absolute atomic E-state index is 0.436. The molecule has 1 unspecified atom stereocenters. The molecule has 0 spiro atoms. The van der Waals surface area contributed by atoms with Crippen LogP contribution in [0.3, 0.4) is 0 Å². The number of hydrazine groups is 1. The lowest BCUT2D eigenvalue weighted by atomic mass is 9.89. The number of nitrogens with one attached hydrogen (secondary N) is 1. The molecule has 0 aliphatic rings. The second-order valence-corrected chi connectivity index (χ2v) is 4.17. The first kappa shape index (κ1) is 9.92. The van der Waals surface area contributed by atoms with Gasteiger partial charge in [-0.15, -0.1) is 0 Å². The minimum atomic E-state index is 0.436. The van der Waals surface area contributed by atoms with E-state index >= 15 is 0 Å². The normalized spacial score (nSPS) is 15.3. The third-order valence-electron chi connectivity index (χ3n) is 1.61. The predicted octanol–water partition coefficient (Wildman–Crippen LogP) is 1.66. The SMILES string of the molecule is CC(CCC(C)(C)C)NN. The molecule has 0 aromatic heterocycles. The molecule has 0 radical (unpaired) electrons. The molecule has 3 N–H and O–H groups in total. The highest BCUT2D eigenvalue weighted by molar-refractivity contribution is 4.65. The van der Waals surface area contributed by atoms with Gasteiger partial charge in [0.1, 0.15) is 0 Å². The smallest absolute Gasteiger partial charge is 0.0182 e. The average molecular weight is 144 g/mol. The Morgan fingerprint density at radius 2 is 1.90 bits per heavy atom. The van der Waals surface area contributed by atoms with Crippen molar-refractivity contribution >= 4 is 0 Å². The first-order valence-corrected chi connectivity index (χ1v) is 3.92. The second kappa shape index (κ2) is 3.94. The lowest BCUT2D eigenvalue weighted by Crippen LogP contribution is -2.33. The van der Waals surface area contributed by atoms with Gasteiger partial charge in [0.25, 0.3) is 0 Å². The van der Waals surface area contributed by atoms with Gasteiger partial charge in [0.15, 0.2) is 0 Å². The average Bonchev–Trinajstić information content (AvgIpc) is 1.81. The van der Waals surface area contributed by atoms with Crippen LogP contribution in [0.1, 0.15) is 40.5 Å². The molecule has 0 bridgehead atoms. The highest BCUT2D eigenvalue weighted by Gasteiger charge is 2.11. The van der Waals surface area contributed by atoms with E-state index in [0.29, 0.717) is 11.5 Å². The van der Waals surface area contributed by atoms with Gasteiger partial charge in [-0.05, 0) is 25.2 Å². The summed E-state index contributed by atoms with van der Waals surface area (Å²) in [7, 11) is 0. The monoisotopic (exact) mass is 144 g/mol. The van der Waals surface area contributed by atoms with Gasteiger partial charge in [0.2, 0.25) is 0 Å². The topological polar surface area (TPSA) is 38.0 Å². The summed E-state index contributed by atoms with van der Waals surface area (Å²) < 4.78 is 0. The summed E-state index contributed by atoms with van der Waals surface area (Å²) in [5.41, 5.74) is 3.17. The molecular weight excluding hydrogens is 124 g/mol. The van der Waals surface area contributed by atoms with E-state index in [-0.39, 0.29) is 0 Å². The maximum atomic E-state index is 5.25. The Balaban J connectivity index is 3.36. The molecule has 0 rings (SSSR count). The van der Waals surface area contributed by atoms with E-state index in [4.69, 9.17) is 5.84 Å². The highest BCUT2D eigenvalue weighted by atomic mass is 15.2. The van der Waals surface area contributed by atoms with Crippen molar-refractivity contribution in [1.82, 2.24) is 5.43 Å². The maximum Gasteiger partial charge on any atom is 0.0182 e. The Morgan fingerprint density at radius 1 is 1.40 bits per heavy atom. The molecular formula is C8H20N2. The summed E-state index contributed by atoms with van der Waals surface area (Å²) in [6.45, 7) is 8.84. The Morgan fingerprint density at radius 3 is 2.20 bits per heavy atom. The molecule has 0 aliphatic heterocycles.